The number of aliphatic hydroxyl groups is 1. The lowest BCUT2D eigenvalue weighted by molar-refractivity contribution is -0.158. The first-order valence-electron chi connectivity index (χ1n) is 14.6. The van der Waals surface area contributed by atoms with Gasteiger partial charge in [-0.05, 0) is 63.3 Å². The number of hydrogen-bond acceptors (Lipinski definition) is 6. The number of aliphatic hydroxyl groups excluding tert-OH is 1. The van der Waals surface area contributed by atoms with Gasteiger partial charge in [-0.25, -0.2) is 0 Å². The predicted octanol–water partition coefficient (Wildman–Crippen LogP) is 3.55. The average molecular weight is 556 g/mol. The van der Waals surface area contributed by atoms with E-state index in [2.05, 4.69) is 25.3 Å². The summed E-state index contributed by atoms with van der Waals surface area (Å²) in [6, 6.07) is 6.00. The van der Waals surface area contributed by atoms with Gasteiger partial charge in [0.1, 0.15) is 17.6 Å². The number of rotatable bonds is 12. The molecule has 8 atom stereocenters. The molecule has 1 spiro atoms. The van der Waals surface area contributed by atoms with E-state index in [-0.39, 0.29) is 30.9 Å². The Morgan fingerprint density at radius 2 is 1.80 bits per heavy atom. The molecule has 9 nitrogen and oxygen atoms in total. The second-order valence-electron chi connectivity index (χ2n) is 11.8. The zero-order valence-corrected chi connectivity index (χ0v) is 24.7. The zero-order chi connectivity index (χ0) is 29.6. The van der Waals surface area contributed by atoms with Crippen LogP contribution in [0.15, 0.2) is 36.9 Å². The number of aliphatic carboxylic acids is 1. The summed E-state index contributed by atoms with van der Waals surface area (Å²) in [7, 11) is 0. The van der Waals surface area contributed by atoms with E-state index in [4.69, 9.17) is 4.74 Å². The monoisotopic (exact) mass is 555 g/mol. The number of carboxylic acids is 1. The normalized spacial score (nSPS) is 32.1. The van der Waals surface area contributed by atoms with Crippen molar-refractivity contribution in [1.82, 2.24) is 4.90 Å². The van der Waals surface area contributed by atoms with Crippen molar-refractivity contribution in [2.24, 2.45) is 23.7 Å². The molecule has 3 fully saturated rings. The van der Waals surface area contributed by atoms with Gasteiger partial charge in [-0.15, -0.1) is 6.58 Å². The lowest BCUT2D eigenvalue weighted by Crippen LogP contribution is -2.60. The van der Waals surface area contributed by atoms with Gasteiger partial charge >= 0.3 is 5.97 Å². The molecule has 40 heavy (non-hydrogen) atoms. The Bertz CT molecular complexity index is 1140. The maximum atomic E-state index is 14.7. The van der Waals surface area contributed by atoms with Crippen LogP contribution in [-0.4, -0.2) is 82.4 Å². The molecule has 0 radical (unpaired) electrons. The minimum absolute atomic E-state index is 0.117. The van der Waals surface area contributed by atoms with Crippen molar-refractivity contribution in [3.63, 3.8) is 0 Å². The van der Waals surface area contributed by atoms with E-state index in [0.29, 0.717) is 18.5 Å². The van der Waals surface area contributed by atoms with Crippen LogP contribution in [0.2, 0.25) is 0 Å². The summed E-state index contributed by atoms with van der Waals surface area (Å²) < 4.78 is 6.64. The Balaban J connectivity index is 1.85. The van der Waals surface area contributed by atoms with Crippen LogP contribution in [0.25, 0.3) is 0 Å². The van der Waals surface area contributed by atoms with Crippen LogP contribution in [0.4, 0.5) is 11.4 Å². The van der Waals surface area contributed by atoms with Gasteiger partial charge < -0.3 is 29.6 Å². The first-order chi connectivity index (χ1) is 19.0. The smallest absolute Gasteiger partial charge is 0.310 e. The van der Waals surface area contributed by atoms with Crippen LogP contribution < -0.4 is 9.80 Å². The highest BCUT2D eigenvalue weighted by atomic mass is 16.5. The number of amides is 2. The number of carbonyl (C=O) groups excluding carboxylic acids is 2. The van der Waals surface area contributed by atoms with Gasteiger partial charge in [0.15, 0.2) is 0 Å². The Labute approximate surface area is 237 Å². The molecule has 220 valence electrons. The third-order valence-corrected chi connectivity index (χ3v) is 9.97. The molecule has 2 amide bonds. The fraction of sp³-hybridized carbons (Fsp3) is 0.645. The lowest BCUT2D eigenvalue weighted by Gasteiger charge is -2.41. The number of nitrogens with zero attached hydrogens (tertiary/aromatic N) is 3. The zero-order valence-electron chi connectivity index (χ0n) is 24.7. The molecule has 3 aliphatic rings. The van der Waals surface area contributed by atoms with Crippen LogP contribution in [-0.2, 0) is 19.1 Å². The number of hydrogen-bond donors (Lipinski definition) is 2. The molecule has 0 saturated carbocycles. The number of carboxylic acid groups (broad SMARTS) is 1. The van der Waals surface area contributed by atoms with Crippen molar-refractivity contribution in [2.45, 2.75) is 77.7 Å². The quantitative estimate of drug-likeness (QED) is 0.380. The number of likely N-dealkylation sites (tertiary alicyclic amines) is 1. The maximum Gasteiger partial charge on any atom is 0.310 e. The van der Waals surface area contributed by atoms with Crippen LogP contribution in [0, 0.1) is 23.7 Å². The van der Waals surface area contributed by atoms with Gasteiger partial charge in [-0.3, -0.25) is 14.4 Å². The van der Waals surface area contributed by atoms with Crippen molar-refractivity contribution < 1.29 is 29.3 Å². The maximum absolute atomic E-state index is 14.7. The molecular formula is C31H45N3O6. The van der Waals surface area contributed by atoms with E-state index < -0.39 is 47.0 Å². The standard InChI is InChI=1S/C31H45N3O6/c1-8-16-33(22-14-12-21(13-15-22)32(10-3)11-4)28(37)26-31-17-20(6)30(7,40-31)25(29(38)39)24(31)27(36)34(26)23(18-35)19(5)9-2/h8,12-15,19-20,23-26,35H,1,9-11,16-18H2,2-7H3,(H,38,39)/t19-,20?,23-,24-,25+,26?,30-,31?/m0/s1. The molecule has 1 aromatic carbocycles. The third-order valence-electron chi connectivity index (χ3n) is 9.97. The number of benzene rings is 1. The highest BCUT2D eigenvalue weighted by molar-refractivity contribution is 6.05. The van der Waals surface area contributed by atoms with Crippen LogP contribution in [0.1, 0.15) is 54.4 Å². The second-order valence-corrected chi connectivity index (χ2v) is 11.8. The van der Waals surface area contributed by atoms with Crippen molar-refractivity contribution in [1.29, 1.82) is 0 Å². The predicted molar refractivity (Wildman–Crippen MR) is 154 cm³/mol. The summed E-state index contributed by atoms with van der Waals surface area (Å²) in [6.45, 7) is 17.2. The summed E-state index contributed by atoms with van der Waals surface area (Å²) in [4.78, 5) is 46.9. The van der Waals surface area contributed by atoms with Gasteiger partial charge in [0.25, 0.3) is 5.91 Å². The van der Waals surface area contributed by atoms with Gasteiger partial charge in [-0.2, -0.15) is 0 Å². The van der Waals surface area contributed by atoms with Crippen LogP contribution >= 0.6 is 0 Å². The largest absolute Gasteiger partial charge is 0.481 e. The summed E-state index contributed by atoms with van der Waals surface area (Å²) in [5.74, 6) is -4.25. The van der Waals surface area contributed by atoms with Crippen molar-refractivity contribution in [3.8, 4) is 0 Å². The van der Waals surface area contributed by atoms with Crippen LogP contribution in [0.3, 0.4) is 0 Å². The third kappa shape index (κ3) is 4.33. The number of carbonyl (C=O) groups is 3. The van der Waals surface area contributed by atoms with E-state index in [1.807, 2.05) is 45.0 Å². The molecule has 4 rings (SSSR count). The van der Waals surface area contributed by atoms with E-state index in [0.717, 1.165) is 18.8 Å². The second kappa shape index (κ2) is 11.2. The van der Waals surface area contributed by atoms with Crippen molar-refractivity contribution in [2.75, 3.05) is 36.0 Å². The van der Waals surface area contributed by atoms with Crippen molar-refractivity contribution >= 4 is 29.2 Å². The number of anilines is 2. The molecule has 0 aliphatic carbocycles. The summed E-state index contributed by atoms with van der Waals surface area (Å²) in [5, 5.41) is 20.8. The Hall–Kier alpha value is -2.91. The SMILES string of the molecule is C=CCN(C(=O)C1N([C@@H](CO)[C@@H](C)CC)C(=O)[C@@H]2[C@H](C(=O)O)[C@@]3(C)OC12CC3C)c1ccc(N(CC)CC)cc1. The molecule has 3 heterocycles. The molecule has 2 N–H and O–H groups in total. The van der Waals surface area contributed by atoms with E-state index >= 15 is 0 Å². The molecule has 0 aromatic heterocycles. The molecular weight excluding hydrogens is 510 g/mol. The first kappa shape index (κ1) is 30.1. The lowest BCUT2D eigenvalue weighted by atomic mass is 9.62. The van der Waals surface area contributed by atoms with E-state index in [9.17, 15) is 24.6 Å². The minimum Gasteiger partial charge on any atom is -0.481 e. The summed E-state index contributed by atoms with van der Waals surface area (Å²) >= 11 is 0. The van der Waals surface area contributed by atoms with E-state index in [1.54, 1.807) is 17.9 Å². The van der Waals surface area contributed by atoms with Gasteiger partial charge in [0, 0.05) is 31.0 Å². The van der Waals surface area contributed by atoms with E-state index in [1.165, 1.54) is 4.90 Å². The first-order valence-corrected chi connectivity index (χ1v) is 14.6. The van der Waals surface area contributed by atoms with Gasteiger partial charge in [-0.1, -0.05) is 33.3 Å². The molecule has 2 bridgehead atoms. The minimum atomic E-state index is -1.30. The number of ether oxygens (including phenoxy) is 1. The van der Waals surface area contributed by atoms with Gasteiger partial charge in [0.2, 0.25) is 5.91 Å². The number of fused-ring (bicyclic) bond motifs is 1. The summed E-state index contributed by atoms with van der Waals surface area (Å²) in [6.07, 6.45) is 2.70. The Morgan fingerprint density at radius 3 is 2.30 bits per heavy atom. The van der Waals surface area contributed by atoms with Crippen LogP contribution in [0.5, 0.6) is 0 Å². The Kier molecular flexibility index (Phi) is 8.39. The van der Waals surface area contributed by atoms with Crippen molar-refractivity contribution in [3.05, 3.63) is 36.9 Å². The molecule has 3 unspecified atom stereocenters. The highest BCUT2D eigenvalue weighted by Crippen LogP contribution is 2.65. The topological polar surface area (TPSA) is 111 Å². The molecule has 9 heteroatoms. The molecule has 3 saturated heterocycles. The molecule has 1 aromatic rings. The summed E-state index contributed by atoms with van der Waals surface area (Å²) in [5.41, 5.74) is -0.681. The highest BCUT2D eigenvalue weighted by Gasteiger charge is 2.80. The fourth-order valence-electron chi connectivity index (χ4n) is 7.54. The average Bonchev–Trinajstić information content (AvgIpc) is 3.45. The van der Waals surface area contributed by atoms with Gasteiger partial charge in [0.05, 0.1) is 24.2 Å². The Morgan fingerprint density at radius 1 is 1.20 bits per heavy atom. The molecule has 3 aliphatic heterocycles. The fourth-order valence-corrected chi connectivity index (χ4v) is 7.54.